The molecule has 0 aliphatic rings. The molecule has 0 bridgehead atoms. The molecule has 3 N–H and O–H groups in total. The SMILES string of the molecule is CCCCCNCC(CC)CN. The zero-order valence-electron chi connectivity index (χ0n) is 8.60. The lowest BCUT2D eigenvalue weighted by Gasteiger charge is -2.12. The van der Waals surface area contributed by atoms with E-state index in [0.29, 0.717) is 5.92 Å². The van der Waals surface area contributed by atoms with Gasteiger partial charge in [0.2, 0.25) is 0 Å². The number of nitrogens with two attached hydrogens (primary N) is 1. The maximum atomic E-state index is 5.58. The zero-order valence-corrected chi connectivity index (χ0v) is 8.60. The van der Waals surface area contributed by atoms with Gasteiger partial charge in [-0.25, -0.2) is 0 Å². The maximum Gasteiger partial charge on any atom is -0.000856 e. The third-order valence-corrected chi connectivity index (χ3v) is 2.30. The van der Waals surface area contributed by atoms with Gasteiger partial charge >= 0.3 is 0 Å². The Kier molecular flexibility index (Phi) is 8.95. The van der Waals surface area contributed by atoms with Crippen molar-refractivity contribution >= 4 is 0 Å². The predicted octanol–water partition coefficient (Wildman–Crippen LogP) is 1.75. The Morgan fingerprint density at radius 1 is 1.25 bits per heavy atom. The van der Waals surface area contributed by atoms with Gasteiger partial charge in [0, 0.05) is 0 Å². The molecule has 2 heteroatoms. The van der Waals surface area contributed by atoms with Crippen molar-refractivity contribution in [2.24, 2.45) is 11.7 Å². The fourth-order valence-electron chi connectivity index (χ4n) is 1.20. The highest BCUT2D eigenvalue weighted by molar-refractivity contribution is 4.60. The van der Waals surface area contributed by atoms with E-state index < -0.39 is 0 Å². The fraction of sp³-hybridized carbons (Fsp3) is 1.00. The summed E-state index contributed by atoms with van der Waals surface area (Å²) in [4.78, 5) is 0. The number of hydrogen-bond acceptors (Lipinski definition) is 2. The molecule has 0 aromatic heterocycles. The van der Waals surface area contributed by atoms with Crippen LogP contribution in [0.5, 0.6) is 0 Å². The molecule has 2 nitrogen and oxygen atoms in total. The van der Waals surface area contributed by atoms with Gasteiger partial charge in [0.25, 0.3) is 0 Å². The Bertz CT molecular complexity index is 79.9. The molecule has 0 saturated carbocycles. The van der Waals surface area contributed by atoms with Gasteiger partial charge in [0.15, 0.2) is 0 Å². The molecule has 0 radical (unpaired) electrons. The first-order chi connectivity index (χ1) is 5.85. The van der Waals surface area contributed by atoms with Crippen molar-refractivity contribution < 1.29 is 0 Å². The first-order valence-electron chi connectivity index (χ1n) is 5.25. The standard InChI is InChI=1S/C10H24N2/c1-3-5-6-7-12-9-10(4-2)8-11/h10,12H,3-9,11H2,1-2H3. The minimum Gasteiger partial charge on any atom is -0.330 e. The molecule has 0 heterocycles. The van der Waals surface area contributed by atoms with Crippen LogP contribution in [0.1, 0.15) is 39.5 Å². The van der Waals surface area contributed by atoms with E-state index in [1.54, 1.807) is 0 Å². The molecule has 0 amide bonds. The smallest absolute Gasteiger partial charge is 0.000856 e. The van der Waals surface area contributed by atoms with Crippen LogP contribution in [0.15, 0.2) is 0 Å². The Hall–Kier alpha value is -0.0800. The molecule has 0 aliphatic heterocycles. The third-order valence-electron chi connectivity index (χ3n) is 2.30. The van der Waals surface area contributed by atoms with Crippen LogP contribution in [0.2, 0.25) is 0 Å². The van der Waals surface area contributed by atoms with E-state index in [1.807, 2.05) is 0 Å². The van der Waals surface area contributed by atoms with Gasteiger partial charge < -0.3 is 11.1 Å². The molecule has 0 aromatic carbocycles. The summed E-state index contributed by atoms with van der Waals surface area (Å²) in [5.74, 6) is 0.673. The summed E-state index contributed by atoms with van der Waals surface area (Å²) in [7, 11) is 0. The lowest BCUT2D eigenvalue weighted by atomic mass is 10.1. The lowest BCUT2D eigenvalue weighted by Crippen LogP contribution is -2.28. The van der Waals surface area contributed by atoms with E-state index in [9.17, 15) is 0 Å². The van der Waals surface area contributed by atoms with Gasteiger partial charge in [-0.1, -0.05) is 33.1 Å². The summed E-state index contributed by atoms with van der Waals surface area (Å²) < 4.78 is 0. The minimum atomic E-state index is 0.673. The van der Waals surface area contributed by atoms with Crippen molar-refractivity contribution in [3.63, 3.8) is 0 Å². The topological polar surface area (TPSA) is 38.0 Å². The van der Waals surface area contributed by atoms with Gasteiger partial charge in [-0.3, -0.25) is 0 Å². The van der Waals surface area contributed by atoms with Gasteiger partial charge in [0.1, 0.15) is 0 Å². The van der Waals surface area contributed by atoms with Gasteiger partial charge in [0.05, 0.1) is 0 Å². The van der Waals surface area contributed by atoms with Crippen molar-refractivity contribution in [2.75, 3.05) is 19.6 Å². The average molecular weight is 172 g/mol. The van der Waals surface area contributed by atoms with Crippen LogP contribution in [0.4, 0.5) is 0 Å². The second-order valence-electron chi connectivity index (χ2n) is 3.42. The first kappa shape index (κ1) is 11.9. The van der Waals surface area contributed by atoms with E-state index >= 15 is 0 Å². The first-order valence-corrected chi connectivity index (χ1v) is 5.25. The summed E-state index contributed by atoms with van der Waals surface area (Å²) in [6.07, 6.45) is 5.14. The van der Waals surface area contributed by atoms with E-state index in [0.717, 1.165) is 19.6 Å². The van der Waals surface area contributed by atoms with E-state index in [2.05, 4.69) is 19.2 Å². The second-order valence-corrected chi connectivity index (χ2v) is 3.42. The second kappa shape index (κ2) is 9.01. The van der Waals surface area contributed by atoms with E-state index in [1.165, 1.54) is 25.7 Å². The maximum absolute atomic E-state index is 5.58. The van der Waals surface area contributed by atoms with Crippen LogP contribution in [0.25, 0.3) is 0 Å². The van der Waals surface area contributed by atoms with Crippen molar-refractivity contribution in [2.45, 2.75) is 39.5 Å². The Morgan fingerprint density at radius 3 is 2.50 bits per heavy atom. The number of nitrogens with one attached hydrogen (secondary N) is 1. The molecular weight excluding hydrogens is 148 g/mol. The lowest BCUT2D eigenvalue weighted by molar-refractivity contribution is 0.465. The highest BCUT2D eigenvalue weighted by Crippen LogP contribution is 1.97. The summed E-state index contributed by atoms with van der Waals surface area (Å²) >= 11 is 0. The summed E-state index contributed by atoms with van der Waals surface area (Å²) in [6.45, 7) is 7.50. The highest BCUT2D eigenvalue weighted by Gasteiger charge is 2.01. The third kappa shape index (κ3) is 6.62. The van der Waals surface area contributed by atoms with Crippen LogP contribution >= 0.6 is 0 Å². The van der Waals surface area contributed by atoms with Gasteiger partial charge in [-0.2, -0.15) is 0 Å². The number of unbranched alkanes of at least 4 members (excludes halogenated alkanes) is 2. The minimum absolute atomic E-state index is 0.673. The Labute approximate surface area is 76.9 Å². The zero-order chi connectivity index (χ0) is 9.23. The summed E-state index contributed by atoms with van der Waals surface area (Å²) in [6, 6.07) is 0. The van der Waals surface area contributed by atoms with Crippen molar-refractivity contribution in [3.05, 3.63) is 0 Å². The molecule has 0 aromatic rings. The quantitative estimate of drug-likeness (QED) is 0.547. The molecule has 0 rings (SSSR count). The molecule has 12 heavy (non-hydrogen) atoms. The van der Waals surface area contributed by atoms with Crippen LogP contribution in [0.3, 0.4) is 0 Å². The summed E-state index contributed by atoms with van der Waals surface area (Å²) in [5.41, 5.74) is 5.58. The molecule has 1 atom stereocenters. The molecule has 0 spiro atoms. The van der Waals surface area contributed by atoms with Crippen LogP contribution in [-0.2, 0) is 0 Å². The molecule has 1 unspecified atom stereocenters. The van der Waals surface area contributed by atoms with E-state index in [4.69, 9.17) is 5.73 Å². The number of hydrogen-bond donors (Lipinski definition) is 2. The molecule has 0 fully saturated rings. The largest absolute Gasteiger partial charge is 0.330 e. The van der Waals surface area contributed by atoms with E-state index in [-0.39, 0.29) is 0 Å². The Morgan fingerprint density at radius 2 is 2.00 bits per heavy atom. The average Bonchev–Trinajstić information content (AvgIpc) is 2.11. The normalized spacial score (nSPS) is 13.2. The highest BCUT2D eigenvalue weighted by atomic mass is 14.9. The fourth-order valence-corrected chi connectivity index (χ4v) is 1.20. The van der Waals surface area contributed by atoms with Crippen LogP contribution in [0, 0.1) is 5.92 Å². The Balaban J connectivity index is 3.06. The molecular formula is C10H24N2. The monoisotopic (exact) mass is 172 g/mol. The predicted molar refractivity (Wildman–Crippen MR) is 55.2 cm³/mol. The summed E-state index contributed by atoms with van der Waals surface area (Å²) in [5, 5.41) is 3.44. The van der Waals surface area contributed by atoms with Gasteiger partial charge in [-0.15, -0.1) is 0 Å². The van der Waals surface area contributed by atoms with Crippen molar-refractivity contribution in [1.29, 1.82) is 0 Å². The van der Waals surface area contributed by atoms with Crippen molar-refractivity contribution in [1.82, 2.24) is 5.32 Å². The van der Waals surface area contributed by atoms with Crippen molar-refractivity contribution in [3.8, 4) is 0 Å². The van der Waals surface area contributed by atoms with Crippen LogP contribution in [-0.4, -0.2) is 19.6 Å². The number of rotatable bonds is 8. The molecule has 0 saturated heterocycles. The molecule has 74 valence electrons. The molecule has 0 aliphatic carbocycles. The van der Waals surface area contributed by atoms with Crippen LogP contribution < -0.4 is 11.1 Å². The van der Waals surface area contributed by atoms with Gasteiger partial charge in [-0.05, 0) is 32.0 Å².